The number of rotatable bonds is 1. The van der Waals surface area contributed by atoms with E-state index >= 15 is 0 Å². The predicted octanol–water partition coefficient (Wildman–Crippen LogP) is 2.92. The zero-order valence-corrected chi connectivity index (χ0v) is 19.0. The summed E-state index contributed by atoms with van der Waals surface area (Å²) < 4.78 is 4.77. The first-order valence-corrected chi connectivity index (χ1v) is 11.2. The Bertz CT molecular complexity index is 1240. The van der Waals surface area contributed by atoms with Crippen LogP contribution in [0.1, 0.15) is 24.3 Å². The molecule has 1 fully saturated rings. The summed E-state index contributed by atoms with van der Waals surface area (Å²) in [6.45, 7) is 0. The highest BCUT2D eigenvalue weighted by Gasteiger charge is 2.58. The predicted molar refractivity (Wildman–Crippen MR) is 117 cm³/mol. The number of phenolic OH excluding ortho intramolecular Hbond substituents is 1. The molecule has 1 aromatic carbocycles. The molecule has 3 aliphatic carbocycles. The van der Waals surface area contributed by atoms with Gasteiger partial charge in [0.1, 0.15) is 5.75 Å². The maximum atomic E-state index is 13.2. The second-order valence-electron chi connectivity index (χ2n) is 8.47. The van der Waals surface area contributed by atoms with Crippen LogP contribution < -0.4 is 0 Å². The Morgan fingerprint density at radius 2 is 1.79 bits per heavy atom. The van der Waals surface area contributed by atoms with E-state index in [4.69, 9.17) is 0 Å². The van der Waals surface area contributed by atoms with Gasteiger partial charge in [-0.1, -0.05) is 23.8 Å². The van der Waals surface area contributed by atoms with Crippen LogP contribution in [0.4, 0.5) is 4.79 Å². The molecular weight excluding hydrogens is 494 g/mol. The number of aromatic hydroxyl groups is 1. The van der Waals surface area contributed by atoms with Gasteiger partial charge >= 0.3 is 6.09 Å². The lowest BCUT2D eigenvalue weighted by Gasteiger charge is -2.42. The molecule has 0 saturated carbocycles. The number of Topliss-reactive ketones (excluding diaryl/α,β-unsaturated/α-hetero) is 1. The smallest absolute Gasteiger partial charge is 0.423 e. The van der Waals surface area contributed by atoms with Crippen LogP contribution in [-0.4, -0.2) is 46.6 Å². The SMILES string of the molecule is COC(=O)N1C(=O)[C@H]2[C@H](CC=C3[C@H](c4ccc(O)cc4)C4=C(C[C@H]32)C(=O)C(Br)=CC4=O)C1=O. The Labute approximate surface area is 196 Å². The Kier molecular flexibility index (Phi) is 4.97. The van der Waals surface area contributed by atoms with E-state index in [0.717, 1.165) is 12.7 Å². The number of nitrogens with zero attached hydrogens (tertiary/aromatic N) is 1. The van der Waals surface area contributed by atoms with E-state index in [9.17, 15) is 29.1 Å². The van der Waals surface area contributed by atoms with Crippen LogP contribution in [0.25, 0.3) is 0 Å². The number of imide groups is 3. The molecular formula is C24H18BrNO7. The molecule has 1 saturated heterocycles. The number of methoxy groups -OCH3 is 1. The number of hydrogen-bond acceptors (Lipinski definition) is 7. The van der Waals surface area contributed by atoms with Crippen molar-refractivity contribution in [2.75, 3.05) is 7.11 Å². The van der Waals surface area contributed by atoms with Crippen molar-refractivity contribution in [3.05, 3.63) is 63.2 Å². The number of phenols is 1. The molecule has 1 aromatic rings. The van der Waals surface area contributed by atoms with Crippen molar-refractivity contribution in [3.63, 3.8) is 0 Å². The van der Waals surface area contributed by atoms with Crippen LogP contribution >= 0.6 is 15.9 Å². The third kappa shape index (κ3) is 3.06. The third-order valence-corrected chi connectivity index (χ3v) is 7.50. The molecule has 0 aromatic heterocycles. The monoisotopic (exact) mass is 511 g/mol. The average molecular weight is 512 g/mol. The number of ether oxygens (including phenoxy) is 1. The highest BCUT2D eigenvalue weighted by molar-refractivity contribution is 9.12. The number of benzene rings is 1. The van der Waals surface area contributed by atoms with E-state index in [-0.39, 0.29) is 34.6 Å². The molecule has 0 spiro atoms. The zero-order chi connectivity index (χ0) is 23.6. The lowest BCUT2D eigenvalue weighted by Crippen LogP contribution is -2.40. The van der Waals surface area contributed by atoms with E-state index < -0.39 is 41.6 Å². The van der Waals surface area contributed by atoms with Gasteiger partial charge in [0.25, 0.3) is 0 Å². The number of allylic oxidation sites excluding steroid dienone is 6. The number of amides is 3. The molecule has 1 aliphatic heterocycles. The van der Waals surface area contributed by atoms with Crippen LogP contribution in [0.3, 0.4) is 0 Å². The van der Waals surface area contributed by atoms with Gasteiger partial charge in [-0.05, 0) is 52.4 Å². The molecule has 168 valence electrons. The number of fused-ring (bicyclic) bond motifs is 3. The second-order valence-corrected chi connectivity index (χ2v) is 9.32. The van der Waals surface area contributed by atoms with Crippen molar-refractivity contribution in [3.8, 4) is 5.75 Å². The average Bonchev–Trinajstić information content (AvgIpc) is 3.06. The fourth-order valence-corrected chi connectivity index (χ4v) is 5.97. The van der Waals surface area contributed by atoms with Crippen LogP contribution in [0, 0.1) is 17.8 Å². The van der Waals surface area contributed by atoms with Crippen molar-refractivity contribution in [2.45, 2.75) is 18.8 Å². The van der Waals surface area contributed by atoms with Crippen molar-refractivity contribution in [2.24, 2.45) is 17.8 Å². The minimum absolute atomic E-state index is 0.0528. The zero-order valence-electron chi connectivity index (χ0n) is 17.4. The Morgan fingerprint density at radius 1 is 1.09 bits per heavy atom. The minimum atomic E-state index is -1.03. The lowest BCUT2D eigenvalue weighted by molar-refractivity contribution is -0.137. The van der Waals surface area contributed by atoms with Gasteiger partial charge in [0.05, 0.1) is 23.4 Å². The fraction of sp³-hybridized carbons (Fsp3) is 0.292. The van der Waals surface area contributed by atoms with Gasteiger partial charge in [-0.2, -0.15) is 4.90 Å². The minimum Gasteiger partial charge on any atom is -0.508 e. The first-order chi connectivity index (χ1) is 15.7. The maximum absolute atomic E-state index is 13.2. The molecule has 3 amide bonds. The van der Waals surface area contributed by atoms with E-state index in [1.54, 1.807) is 12.1 Å². The molecule has 0 radical (unpaired) electrons. The van der Waals surface area contributed by atoms with Gasteiger partial charge in [-0.25, -0.2) is 4.79 Å². The summed E-state index contributed by atoms with van der Waals surface area (Å²) in [4.78, 5) is 64.9. The Balaban J connectivity index is 1.67. The van der Waals surface area contributed by atoms with E-state index in [1.807, 2.05) is 6.08 Å². The first kappa shape index (κ1) is 21.5. The van der Waals surface area contributed by atoms with Gasteiger partial charge in [0.2, 0.25) is 11.8 Å². The van der Waals surface area contributed by atoms with E-state index in [0.29, 0.717) is 21.6 Å². The molecule has 0 unspecified atom stereocenters. The molecule has 33 heavy (non-hydrogen) atoms. The summed E-state index contributed by atoms with van der Waals surface area (Å²) in [6.07, 6.45) is 2.42. The Hall–Kier alpha value is -3.33. The van der Waals surface area contributed by atoms with Crippen LogP contribution in [0.2, 0.25) is 0 Å². The molecule has 5 rings (SSSR count). The molecule has 8 nitrogen and oxygen atoms in total. The largest absolute Gasteiger partial charge is 0.508 e. The number of halogens is 1. The van der Waals surface area contributed by atoms with Gasteiger partial charge in [0.15, 0.2) is 11.6 Å². The number of likely N-dealkylation sites (tertiary alicyclic amines) is 1. The number of ketones is 2. The molecule has 4 aliphatic rings. The second kappa shape index (κ2) is 7.62. The summed E-state index contributed by atoms with van der Waals surface area (Å²) >= 11 is 3.16. The summed E-state index contributed by atoms with van der Waals surface area (Å²) in [7, 11) is 1.10. The van der Waals surface area contributed by atoms with E-state index in [2.05, 4.69) is 20.7 Å². The lowest BCUT2D eigenvalue weighted by atomic mass is 9.59. The van der Waals surface area contributed by atoms with Crippen LogP contribution in [-0.2, 0) is 23.9 Å². The highest BCUT2D eigenvalue weighted by atomic mass is 79.9. The standard InChI is InChI=1S/C24H18BrNO7/c1-33-24(32)26-22(30)13-7-6-12-14(19(13)23(26)31)8-15-20(17(28)9-16(25)21(15)29)18(12)10-2-4-11(27)5-3-10/h2-6,9,13-14,18-19,27H,7-8H2,1H3/t13-,14+,18-,19-/m0/s1. The molecule has 4 atom stereocenters. The van der Waals surface area contributed by atoms with Crippen LogP contribution in [0.15, 0.2) is 57.6 Å². The first-order valence-electron chi connectivity index (χ1n) is 10.4. The molecule has 1 N–H and O–H groups in total. The highest BCUT2D eigenvalue weighted by Crippen LogP contribution is 2.55. The maximum Gasteiger partial charge on any atom is 0.423 e. The topological polar surface area (TPSA) is 118 Å². The third-order valence-electron chi connectivity index (χ3n) is 6.91. The van der Waals surface area contributed by atoms with Crippen molar-refractivity contribution < 1.29 is 33.8 Å². The summed E-state index contributed by atoms with van der Waals surface area (Å²) in [5, 5.41) is 9.75. The number of carbonyl (C=O) groups excluding carboxylic acids is 5. The van der Waals surface area contributed by atoms with E-state index in [1.165, 1.54) is 18.2 Å². The quantitative estimate of drug-likeness (QED) is 0.349. The van der Waals surface area contributed by atoms with Gasteiger partial charge in [0, 0.05) is 23.1 Å². The Morgan fingerprint density at radius 3 is 2.45 bits per heavy atom. The summed E-state index contributed by atoms with van der Waals surface area (Å²) in [5.41, 5.74) is 2.09. The van der Waals surface area contributed by atoms with Crippen molar-refractivity contribution in [1.29, 1.82) is 0 Å². The molecule has 0 bridgehead atoms. The van der Waals surface area contributed by atoms with Crippen molar-refractivity contribution >= 4 is 45.4 Å². The number of carbonyl (C=O) groups is 5. The normalized spacial score (nSPS) is 28.7. The fourth-order valence-electron chi connectivity index (χ4n) is 5.52. The summed E-state index contributed by atoms with van der Waals surface area (Å²) in [6, 6.07) is 6.34. The van der Waals surface area contributed by atoms with Gasteiger partial charge < -0.3 is 9.84 Å². The number of hydrogen-bond donors (Lipinski definition) is 1. The van der Waals surface area contributed by atoms with Gasteiger partial charge in [-0.3, -0.25) is 19.2 Å². The molecule has 1 heterocycles. The summed E-state index contributed by atoms with van der Waals surface area (Å²) in [5.74, 6) is -4.56. The molecule has 9 heteroatoms. The van der Waals surface area contributed by atoms with Crippen molar-refractivity contribution in [1.82, 2.24) is 4.90 Å². The van der Waals surface area contributed by atoms with Gasteiger partial charge in [-0.15, -0.1) is 0 Å². The van der Waals surface area contributed by atoms with Crippen LogP contribution in [0.5, 0.6) is 5.75 Å².